The van der Waals surface area contributed by atoms with Crippen molar-refractivity contribution in [3.05, 3.63) is 40.4 Å². The van der Waals surface area contributed by atoms with Gasteiger partial charge < -0.3 is 15.4 Å². The predicted octanol–water partition coefficient (Wildman–Crippen LogP) is 2.85. The lowest BCUT2D eigenvalue weighted by molar-refractivity contribution is -0.137. The first kappa shape index (κ1) is 19.0. The zero-order chi connectivity index (χ0) is 18.4. The molecule has 0 unspecified atom stereocenters. The van der Waals surface area contributed by atoms with Gasteiger partial charge in [-0.2, -0.15) is 0 Å². The van der Waals surface area contributed by atoms with Crippen molar-refractivity contribution in [2.45, 2.75) is 26.7 Å². The smallest absolute Gasteiger partial charge is 0.330 e. The molecule has 1 fully saturated rings. The van der Waals surface area contributed by atoms with Crippen molar-refractivity contribution in [1.82, 2.24) is 5.32 Å². The van der Waals surface area contributed by atoms with Crippen LogP contribution in [0.25, 0.3) is 0 Å². The number of esters is 1. The van der Waals surface area contributed by atoms with E-state index in [-0.39, 0.29) is 12.5 Å². The summed E-state index contributed by atoms with van der Waals surface area (Å²) < 4.78 is 4.72. The van der Waals surface area contributed by atoms with Crippen LogP contribution in [0.1, 0.15) is 35.7 Å². The molecule has 6 nitrogen and oxygen atoms in total. The maximum absolute atomic E-state index is 12.4. The summed E-state index contributed by atoms with van der Waals surface area (Å²) in [6.07, 6.45) is 4.35. The zero-order valence-corrected chi connectivity index (χ0v) is 15.0. The minimum absolute atomic E-state index is 0.229. The molecule has 0 bridgehead atoms. The van der Waals surface area contributed by atoms with E-state index in [9.17, 15) is 14.4 Å². The number of carbonyl (C=O) groups excluding carboxylic acids is 3. The first-order valence-electron chi connectivity index (χ1n) is 8.14. The Morgan fingerprint density at radius 1 is 1.28 bits per heavy atom. The minimum atomic E-state index is -0.604. The van der Waals surface area contributed by atoms with Crippen molar-refractivity contribution >= 4 is 35.1 Å². The van der Waals surface area contributed by atoms with E-state index in [0.29, 0.717) is 34.3 Å². The van der Waals surface area contributed by atoms with Crippen molar-refractivity contribution in [2.75, 3.05) is 18.5 Å². The average molecular weight is 365 g/mol. The molecular formula is C18H21ClN2O4. The summed E-state index contributed by atoms with van der Waals surface area (Å²) in [4.78, 5) is 35.7. The van der Waals surface area contributed by atoms with Crippen molar-refractivity contribution in [1.29, 1.82) is 0 Å². The Morgan fingerprint density at radius 2 is 2.00 bits per heavy atom. The Bertz CT molecular complexity index is 711. The predicted molar refractivity (Wildman–Crippen MR) is 95.6 cm³/mol. The van der Waals surface area contributed by atoms with Crippen LogP contribution >= 0.6 is 11.6 Å². The topological polar surface area (TPSA) is 84.5 Å². The van der Waals surface area contributed by atoms with E-state index >= 15 is 0 Å². The van der Waals surface area contributed by atoms with Crippen molar-refractivity contribution in [3.63, 3.8) is 0 Å². The molecular weight excluding hydrogens is 344 g/mol. The Labute approximate surface area is 151 Å². The second kappa shape index (κ2) is 8.67. The molecule has 0 aromatic heterocycles. The van der Waals surface area contributed by atoms with Crippen molar-refractivity contribution < 1.29 is 19.1 Å². The van der Waals surface area contributed by atoms with Gasteiger partial charge >= 0.3 is 5.97 Å². The average Bonchev–Trinajstić information content (AvgIpc) is 3.37. The molecule has 2 amide bonds. The molecule has 0 spiro atoms. The van der Waals surface area contributed by atoms with E-state index in [2.05, 4.69) is 10.6 Å². The van der Waals surface area contributed by atoms with Crippen molar-refractivity contribution in [2.24, 2.45) is 5.92 Å². The van der Waals surface area contributed by atoms with E-state index in [1.807, 2.05) is 0 Å². The highest BCUT2D eigenvalue weighted by atomic mass is 35.5. The third-order valence-corrected chi connectivity index (χ3v) is 3.92. The standard InChI is InChI=1S/C18H21ClN2O4/c1-3-25-16(23)7-6-15(22)21-17-11(2)8-13(19)9-14(17)18(24)20-10-12-4-5-12/h6-9,12H,3-5,10H2,1-2H3,(H,20,24)(H,21,22)/b7-6+. The van der Waals surface area contributed by atoms with Crippen LogP contribution in [-0.4, -0.2) is 30.9 Å². The number of anilines is 1. The second-order valence-corrected chi connectivity index (χ2v) is 6.31. The number of hydrogen-bond donors (Lipinski definition) is 2. The van der Waals surface area contributed by atoms with Crippen LogP contribution in [0, 0.1) is 12.8 Å². The Balaban J connectivity index is 2.13. The summed E-state index contributed by atoms with van der Waals surface area (Å²) in [6.45, 7) is 4.26. The zero-order valence-electron chi connectivity index (χ0n) is 14.2. The number of aryl methyl sites for hydroxylation is 1. The molecule has 1 aliphatic carbocycles. The number of halogens is 1. The Hall–Kier alpha value is -2.34. The number of amides is 2. The first-order chi connectivity index (χ1) is 11.9. The second-order valence-electron chi connectivity index (χ2n) is 5.87. The SMILES string of the molecule is CCOC(=O)/C=C/C(=O)Nc1c(C)cc(Cl)cc1C(=O)NCC1CC1. The van der Waals surface area contributed by atoms with E-state index < -0.39 is 11.9 Å². The number of benzene rings is 1. The molecule has 0 aliphatic heterocycles. The van der Waals surface area contributed by atoms with Crippen LogP contribution < -0.4 is 10.6 Å². The van der Waals surface area contributed by atoms with Gasteiger partial charge in [0.05, 0.1) is 17.9 Å². The molecule has 2 rings (SSSR count). The number of hydrogen-bond acceptors (Lipinski definition) is 4. The lowest BCUT2D eigenvalue weighted by Crippen LogP contribution is -2.27. The van der Waals surface area contributed by atoms with Crippen LogP contribution in [0.2, 0.25) is 5.02 Å². The van der Waals surface area contributed by atoms with Crippen LogP contribution in [-0.2, 0) is 14.3 Å². The third-order valence-electron chi connectivity index (χ3n) is 3.70. The summed E-state index contributed by atoms with van der Waals surface area (Å²) >= 11 is 6.05. The summed E-state index contributed by atoms with van der Waals surface area (Å²) in [5, 5.41) is 5.90. The van der Waals surface area contributed by atoms with E-state index in [4.69, 9.17) is 16.3 Å². The van der Waals surface area contributed by atoms with Crippen LogP contribution in [0.5, 0.6) is 0 Å². The van der Waals surface area contributed by atoms with Crippen LogP contribution in [0.4, 0.5) is 5.69 Å². The molecule has 1 aromatic carbocycles. The molecule has 1 aliphatic rings. The van der Waals surface area contributed by atoms with Crippen LogP contribution in [0.15, 0.2) is 24.3 Å². The number of carbonyl (C=O) groups is 3. The quantitative estimate of drug-likeness (QED) is 0.575. The summed E-state index contributed by atoms with van der Waals surface area (Å²) in [7, 11) is 0. The van der Waals surface area contributed by atoms with Gasteiger partial charge in [0.25, 0.3) is 5.91 Å². The van der Waals surface area contributed by atoms with Gasteiger partial charge in [-0.15, -0.1) is 0 Å². The van der Waals surface area contributed by atoms with E-state index in [1.54, 1.807) is 19.9 Å². The largest absolute Gasteiger partial charge is 0.463 e. The molecule has 0 saturated heterocycles. The van der Waals surface area contributed by atoms with E-state index in [1.165, 1.54) is 6.07 Å². The van der Waals surface area contributed by atoms with Gasteiger partial charge in [-0.25, -0.2) is 4.79 Å². The van der Waals surface area contributed by atoms with Gasteiger partial charge in [0.15, 0.2) is 0 Å². The summed E-state index contributed by atoms with van der Waals surface area (Å²) in [5.41, 5.74) is 1.32. The van der Waals surface area contributed by atoms with Gasteiger partial charge in [0.1, 0.15) is 0 Å². The number of nitrogens with one attached hydrogen (secondary N) is 2. The van der Waals surface area contributed by atoms with Gasteiger partial charge in [0.2, 0.25) is 5.91 Å². The normalized spacial score (nSPS) is 13.6. The maximum Gasteiger partial charge on any atom is 0.330 e. The molecule has 25 heavy (non-hydrogen) atoms. The van der Waals surface area contributed by atoms with Gasteiger partial charge in [-0.1, -0.05) is 11.6 Å². The highest BCUT2D eigenvalue weighted by Gasteiger charge is 2.23. The number of rotatable bonds is 7. The number of ether oxygens (including phenoxy) is 1. The molecule has 0 heterocycles. The Kier molecular flexibility index (Phi) is 6.58. The molecule has 1 saturated carbocycles. The fraction of sp³-hybridized carbons (Fsp3) is 0.389. The minimum Gasteiger partial charge on any atom is -0.463 e. The fourth-order valence-corrected chi connectivity index (χ4v) is 2.51. The molecule has 2 N–H and O–H groups in total. The lowest BCUT2D eigenvalue weighted by Gasteiger charge is -2.14. The third kappa shape index (κ3) is 5.90. The molecule has 7 heteroatoms. The lowest BCUT2D eigenvalue weighted by atomic mass is 10.1. The summed E-state index contributed by atoms with van der Waals surface area (Å²) in [6, 6.07) is 3.17. The Morgan fingerprint density at radius 3 is 2.64 bits per heavy atom. The molecule has 0 radical (unpaired) electrons. The van der Waals surface area contributed by atoms with Crippen LogP contribution in [0.3, 0.4) is 0 Å². The maximum atomic E-state index is 12.4. The van der Waals surface area contributed by atoms with E-state index in [0.717, 1.165) is 25.0 Å². The van der Waals surface area contributed by atoms with Gasteiger partial charge in [-0.05, 0) is 50.3 Å². The van der Waals surface area contributed by atoms with Gasteiger partial charge in [0, 0.05) is 23.7 Å². The summed E-state index contributed by atoms with van der Waals surface area (Å²) in [5.74, 6) is -0.889. The fourth-order valence-electron chi connectivity index (χ4n) is 2.24. The van der Waals surface area contributed by atoms with Gasteiger partial charge in [-0.3, -0.25) is 9.59 Å². The monoisotopic (exact) mass is 364 g/mol. The first-order valence-corrected chi connectivity index (χ1v) is 8.52. The molecule has 134 valence electrons. The highest BCUT2D eigenvalue weighted by molar-refractivity contribution is 6.31. The van der Waals surface area contributed by atoms with Crippen molar-refractivity contribution in [3.8, 4) is 0 Å². The highest BCUT2D eigenvalue weighted by Crippen LogP contribution is 2.29. The molecule has 0 atom stereocenters. The molecule has 1 aromatic rings.